The number of benzene rings is 2. The van der Waals surface area contributed by atoms with E-state index in [9.17, 15) is 13.6 Å². The summed E-state index contributed by atoms with van der Waals surface area (Å²) >= 11 is 1.16. The third-order valence-corrected chi connectivity index (χ3v) is 4.79. The highest BCUT2D eigenvalue weighted by atomic mass is 32.1. The van der Waals surface area contributed by atoms with Crippen molar-refractivity contribution in [2.45, 2.75) is 12.8 Å². The lowest BCUT2D eigenvalue weighted by molar-refractivity contribution is -0.116. The van der Waals surface area contributed by atoms with E-state index in [0.717, 1.165) is 35.1 Å². The van der Waals surface area contributed by atoms with Crippen molar-refractivity contribution >= 4 is 22.4 Å². The lowest BCUT2D eigenvalue weighted by atomic mass is 10.1. The van der Waals surface area contributed by atoms with Crippen LogP contribution in [0.1, 0.15) is 12.0 Å². The third-order valence-electron chi connectivity index (χ3n) is 4.03. The molecular formula is C19H14F2N2O3S. The van der Waals surface area contributed by atoms with Crippen molar-refractivity contribution in [3.8, 4) is 22.8 Å². The fraction of sp³-hybridized carbons (Fsp3) is 0.158. The van der Waals surface area contributed by atoms with Crippen LogP contribution in [-0.2, 0) is 11.2 Å². The van der Waals surface area contributed by atoms with Gasteiger partial charge in [0.15, 0.2) is 16.6 Å². The van der Waals surface area contributed by atoms with Gasteiger partial charge in [-0.3, -0.25) is 4.79 Å². The number of nitrogens with zero attached hydrogens (tertiary/aromatic N) is 1. The molecule has 0 aliphatic carbocycles. The summed E-state index contributed by atoms with van der Waals surface area (Å²) in [5.41, 5.74) is 1.30. The Morgan fingerprint density at radius 2 is 2.00 bits per heavy atom. The maximum atomic E-state index is 13.8. The molecule has 0 spiro atoms. The van der Waals surface area contributed by atoms with Crippen LogP contribution in [-0.4, -0.2) is 17.7 Å². The van der Waals surface area contributed by atoms with Crippen molar-refractivity contribution < 1.29 is 23.0 Å². The molecule has 1 amide bonds. The summed E-state index contributed by atoms with van der Waals surface area (Å²) in [6.45, 7) is 0.206. The quantitative estimate of drug-likeness (QED) is 0.704. The first-order chi connectivity index (χ1) is 13.1. The Bertz CT molecular complexity index is 1010. The van der Waals surface area contributed by atoms with Crippen molar-refractivity contribution in [2.24, 2.45) is 0 Å². The minimum atomic E-state index is -0.567. The summed E-state index contributed by atoms with van der Waals surface area (Å²) in [6, 6.07) is 8.72. The van der Waals surface area contributed by atoms with Gasteiger partial charge < -0.3 is 14.8 Å². The van der Waals surface area contributed by atoms with Gasteiger partial charge in [0.05, 0.1) is 5.69 Å². The SMILES string of the molecule is O=C(CCc1ccc2c(c1)OCO2)Nc1nc(-c2cc(F)ccc2F)cs1. The molecule has 2 aromatic carbocycles. The maximum absolute atomic E-state index is 13.8. The van der Waals surface area contributed by atoms with Gasteiger partial charge in [-0.15, -0.1) is 11.3 Å². The van der Waals surface area contributed by atoms with Gasteiger partial charge in [-0.05, 0) is 42.3 Å². The molecule has 1 N–H and O–H groups in total. The third kappa shape index (κ3) is 3.90. The number of anilines is 1. The van der Waals surface area contributed by atoms with Gasteiger partial charge in [0, 0.05) is 17.4 Å². The second kappa shape index (κ2) is 7.32. The number of hydrogen-bond donors (Lipinski definition) is 1. The van der Waals surface area contributed by atoms with E-state index in [0.29, 0.717) is 23.1 Å². The summed E-state index contributed by atoms with van der Waals surface area (Å²) in [5, 5.41) is 4.60. The molecule has 1 aromatic heterocycles. The Morgan fingerprint density at radius 1 is 1.15 bits per heavy atom. The summed E-state index contributed by atoms with van der Waals surface area (Å²) < 4.78 is 37.7. The summed E-state index contributed by atoms with van der Waals surface area (Å²) in [4.78, 5) is 16.3. The zero-order valence-corrected chi connectivity index (χ0v) is 14.8. The Labute approximate surface area is 157 Å². The summed E-state index contributed by atoms with van der Waals surface area (Å²) in [6.07, 6.45) is 0.780. The Balaban J connectivity index is 1.37. The minimum absolute atomic E-state index is 0.0621. The van der Waals surface area contributed by atoms with Crippen LogP contribution in [0.25, 0.3) is 11.3 Å². The first kappa shape index (κ1) is 17.4. The van der Waals surface area contributed by atoms with Crippen molar-refractivity contribution in [1.29, 1.82) is 0 Å². The lowest BCUT2D eigenvalue weighted by Gasteiger charge is -2.04. The smallest absolute Gasteiger partial charge is 0.231 e. The molecule has 138 valence electrons. The van der Waals surface area contributed by atoms with Crippen LogP contribution in [0.5, 0.6) is 11.5 Å². The van der Waals surface area contributed by atoms with E-state index >= 15 is 0 Å². The van der Waals surface area contributed by atoms with Gasteiger partial charge in [-0.2, -0.15) is 0 Å². The Kier molecular flexibility index (Phi) is 4.72. The minimum Gasteiger partial charge on any atom is -0.454 e. The fourth-order valence-corrected chi connectivity index (χ4v) is 3.41. The molecule has 0 radical (unpaired) electrons. The predicted octanol–water partition coefficient (Wildman–Crippen LogP) is 4.39. The Hall–Kier alpha value is -3.00. The molecule has 1 aliphatic rings. The monoisotopic (exact) mass is 388 g/mol. The molecule has 0 fully saturated rings. The van der Waals surface area contributed by atoms with E-state index in [4.69, 9.17) is 9.47 Å². The molecule has 0 atom stereocenters. The van der Waals surface area contributed by atoms with Gasteiger partial charge in [0.25, 0.3) is 0 Å². The van der Waals surface area contributed by atoms with Crippen LogP contribution < -0.4 is 14.8 Å². The van der Waals surface area contributed by atoms with E-state index in [1.165, 1.54) is 0 Å². The molecule has 27 heavy (non-hydrogen) atoms. The molecule has 2 heterocycles. The second-order valence-corrected chi connectivity index (χ2v) is 6.76. The number of ether oxygens (including phenoxy) is 2. The van der Waals surface area contributed by atoms with Gasteiger partial charge >= 0.3 is 0 Å². The number of thiazole rings is 1. The normalized spacial score (nSPS) is 12.2. The zero-order chi connectivity index (χ0) is 18.8. The number of aromatic nitrogens is 1. The lowest BCUT2D eigenvalue weighted by Crippen LogP contribution is -2.12. The van der Waals surface area contributed by atoms with Crippen molar-refractivity contribution in [1.82, 2.24) is 4.98 Å². The summed E-state index contributed by atoms with van der Waals surface area (Å²) in [5.74, 6) is 0.0436. The van der Waals surface area contributed by atoms with E-state index in [-0.39, 0.29) is 30.4 Å². The second-order valence-electron chi connectivity index (χ2n) is 5.90. The highest BCUT2D eigenvalue weighted by Gasteiger charge is 2.15. The van der Waals surface area contributed by atoms with Crippen LogP contribution in [0, 0.1) is 11.6 Å². The highest BCUT2D eigenvalue weighted by molar-refractivity contribution is 7.14. The first-order valence-electron chi connectivity index (χ1n) is 8.18. The first-order valence-corrected chi connectivity index (χ1v) is 9.06. The number of carbonyl (C=O) groups excluding carboxylic acids is 1. The molecule has 3 aromatic rings. The number of aryl methyl sites for hydroxylation is 1. The standard InChI is InChI=1S/C19H14F2N2O3S/c20-12-3-4-14(21)13(8-12)15-9-27-19(22-15)23-18(24)6-2-11-1-5-16-17(7-11)26-10-25-16/h1,3-5,7-9H,2,6,10H2,(H,22,23,24). The van der Waals surface area contributed by atoms with E-state index in [1.54, 1.807) is 5.38 Å². The average molecular weight is 388 g/mol. The van der Waals surface area contributed by atoms with Gasteiger partial charge in [-0.25, -0.2) is 13.8 Å². The fourth-order valence-electron chi connectivity index (χ4n) is 2.68. The van der Waals surface area contributed by atoms with Crippen molar-refractivity contribution in [3.05, 3.63) is 59.0 Å². The van der Waals surface area contributed by atoms with Gasteiger partial charge in [-0.1, -0.05) is 6.07 Å². The van der Waals surface area contributed by atoms with E-state index in [1.807, 2.05) is 18.2 Å². The van der Waals surface area contributed by atoms with Crippen LogP contribution in [0.2, 0.25) is 0 Å². The molecule has 0 bridgehead atoms. The molecule has 8 heteroatoms. The van der Waals surface area contributed by atoms with Gasteiger partial charge in [0.1, 0.15) is 11.6 Å². The van der Waals surface area contributed by atoms with Crippen LogP contribution in [0.4, 0.5) is 13.9 Å². The Morgan fingerprint density at radius 3 is 2.89 bits per heavy atom. The van der Waals surface area contributed by atoms with E-state index < -0.39 is 11.6 Å². The zero-order valence-electron chi connectivity index (χ0n) is 14.0. The van der Waals surface area contributed by atoms with Crippen molar-refractivity contribution in [3.63, 3.8) is 0 Å². The largest absolute Gasteiger partial charge is 0.454 e. The summed E-state index contributed by atoms with van der Waals surface area (Å²) in [7, 11) is 0. The number of halogens is 2. The van der Waals surface area contributed by atoms with Gasteiger partial charge in [0.2, 0.25) is 12.7 Å². The maximum Gasteiger partial charge on any atom is 0.231 e. The number of fused-ring (bicyclic) bond motifs is 1. The predicted molar refractivity (Wildman–Crippen MR) is 97.0 cm³/mol. The molecule has 5 nitrogen and oxygen atoms in total. The highest BCUT2D eigenvalue weighted by Crippen LogP contribution is 2.33. The van der Waals surface area contributed by atoms with Crippen LogP contribution in [0.3, 0.4) is 0 Å². The molecular weight excluding hydrogens is 374 g/mol. The molecule has 4 rings (SSSR count). The van der Waals surface area contributed by atoms with Crippen LogP contribution >= 0.6 is 11.3 Å². The molecule has 1 aliphatic heterocycles. The molecule has 0 unspecified atom stereocenters. The molecule has 0 saturated carbocycles. The number of amides is 1. The van der Waals surface area contributed by atoms with Crippen molar-refractivity contribution in [2.75, 3.05) is 12.1 Å². The van der Waals surface area contributed by atoms with Crippen LogP contribution in [0.15, 0.2) is 41.8 Å². The average Bonchev–Trinajstić information content (AvgIpc) is 3.31. The topological polar surface area (TPSA) is 60.5 Å². The number of hydrogen-bond acceptors (Lipinski definition) is 5. The number of nitrogens with one attached hydrogen (secondary N) is 1. The molecule has 0 saturated heterocycles. The number of rotatable bonds is 5. The van der Waals surface area contributed by atoms with E-state index in [2.05, 4.69) is 10.3 Å². The number of carbonyl (C=O) groups is 1.